The number of tetrazole rings is 1. The molecule has 0 bridgehead atoms. The van der Waals surface area contributed by atoms with Crippen molar-refractivity contribution in [2.75, 3.05) is 27.2 Å². The minimum Gasteiger partial charge on any atom is -0.492 e. The third-order valence-corrected chi connectivity index (χ3v) is 7.45. The fraction of sp³-hybridized carbons (Fsp3) is 0.424. The Morgan fingerprint density at radius 1 is 0.800 bits per heavy atom. The molecule has 0 aliphatic heterocycles. The third-order valence-electron chi connectivity index (χ3n) is 7.45. The lowest BCUT2D eigenvalue weighted by Crippen LogP contribution is -2.19. The molecule has 0 aliphatic rings. The monoisotopic (exact) mass is 541 g/mol. The van der Waals surface area contributed by atoms with E-state index in [1.54, 1.807) is 4.80 Å². The van der Waals surface area contributed by atoms with Crippen molar-refractivity contribution in [2.24, 2.45) is 0 Å². The lowest BCUT2D eigenvalue weighted by atomic mass is 9.91. The highest BCUT2D eigenvalue weighted by Gasteiger charge is 2.16. The Morgan fingerprint density at radius 3 is 1.98 bits per heavy atom. The van der Waals surface area contributed by atoms with Gasteiger partial charge in [-0.1, -0.05) is 70.2 Å². The second-order valence-electron chi connectivity index (χ2n) is 10.8. The Bertz CT molecular complexity index is 1350. The van der Waals surface area contributed by atoms with Crippen molar-refractivity contribution in [1.82, 2.24) is 25.1 Å². The highest BCUT2D eigenvalue weighted by atomic mass is 16.5. The molecule has 0 N–H and O–H groups in total. The van der Waals surface area contributed by atoms with E-state index < -0.39 is 0 Å². The quantitative estimate of drug-likeness (QED) is 0.172. The molecule has 1 aromatic heterocycles. The van der Waals surface area contributed by atoms with Gasteiger partial charge < -0.3 is 14.4 Å². The molecule has 7 heteroatoms. The molecular weight excluding hydrogens is 498 g/mol. The zero-order valence-electron chi connectivity index (χ0n) is 24.8. The maximum atomic E-state index is 6.26. The predicted molar refractivity (Wildman–Crippen MR) is 161 cm³/mol. The lowest BCUT2D eigenvalue weighted by molar-refractivity contribution is 0.258. The van der Waals surface area contributed by atoms with Crippen molar-refractivity contribution < 1.29 is 9.47 Å². The van der Waals surface area contributed by atoms with E-state index in [2.05, 4.69) is 111 Å². The second kappa shape index (κ2) is 14.1. The van der Waals surface area contributed by atoms with E-state index in [1.807, 2.05) is 18.2 Å². The molecule has 0 amide bonds. The summed E-state index contributed by atoms with van der Waals surface area (Å²) in [6.07, 6.45) is 2.07. The molecule has 0 saturated heterocycles. The molecule has 3 aromatic carbocycles. The van der Waals surface area contributed by atoms with Crippen LogP contribution in [0.4, 0.5) is 0 Å². The van der Waals surface area contributed by atoms with Gasteiger partial charge in [-0.2, -0.15) is 4.80 Å². The van der Waals surface area contributed by atoms with Crippen molar-refractivity contribution >= 4 is 0 Å². The van der Waals surface area contributed by atoms with Gasteiger partial charge in [-0.05, 0) is 96.1 Å². The number of nitrogens with zero attached hydrogens (tertiary/aromatic N) is 5. The van der Waals surface area contributed by atoms with E-state index in [0.717, 1.165) is 36.4 Å². The Hall–Kier alpha value is -3.71. The van der Waals surface area contributed by atoms with E-state index >= 15 is 0 Å². The van der Waals surface area contributed by atoms with E-state index in [4.69, 9.17) is 9.47 Å². The zero-order valence-corrected chi connectivity index (χ0v) is 24.8. The van der Waals surface area contributed by atoms with Crippen LogP contribution < -0.4 is 9.47 Å². The van der Waals surface area contributed by atoms with Crippen molar-refractivity contribution in [3.63, 3.8) is 0 Å². The molecular formula is C33H43N5O2. The van der Waals surface area contributed by atoms with Gasteiger partial charge in [-0.25, -0.2) is 0 Å². The van der Waals surface area contributed by atoms with Crippen LogP contribution in [0.5, 0.6) is 11.5 Å². The summed E-state index contributed by atoms with van der Waals surface area (Å²) in [5, 5.41) is 12.9. The van der Waals surface area contributed by atoms with E-state index in [0.29, 0.717) is 30.8 Å². The SMILES string of the molecule is CCC(C)c1cc(-c2ccc(OCc3nnn(Cc4ccccc4)n3)c([C@H](C)CC)c2)ccc1OCCN(C)C. The van der Waals surface area contributed by atoms with Gasteiger partial charge in [0.15, 0.2) is 6.61 Å². The Balaban J connectivity index is 1.53. The van der Waals surface area contributed by atoms with E-state index in [9.17, 15) is 0 Å². The molecule has 0 spiro atoms. The molecule has 2 atom stereocenters. The van der Waals surface area contributed by atoms with Gasteiger partial charge in [-0.3, -0.25) is 0 Å². The number of hydrogen-bond donors (Lipinski definition) is 0. The summed E-state index contributed by atoms with van der Waals surface area (Å²) in [5.74, 6) is 3.17. The molecule has 4 rings (SSSR count). The van der Waals surface area contributed by atoms with Crippen molar-refractivity contribution in [1.29, 1.82) is 0 Å². The summed E-state index contributed by atoms with van der Waals surface area (Å²) in [7, 11) is 4.13. The minimum absolute atomic E-state index is 0.273. The number of aromatic nitrogens is 4. The highest BCUT2D eigenvalue weighted by Crippen LogP contribution is 2.37. The first-order valence-corrected chi connectivity index (χ1v) is 14.4. The van der Waals surface area contributed by atoms with Crippen LogP contribution in [0.1, 0.15) is 74.9 Å². The largest absolute Gasteiger partial charge is 0.492 e. The smallest absolute Gasteiger partial charge is 0.212 e. The number of benzene rings is 3. The zero-order chi connectivity index (χ0) is 28.5. The molecule has 0 saturated carbocycles. The first-order valence-electron chi connectivity index (χ1n) is 14.4. The van der Waals surface area contributed by atoms with Crippen LogP contribution in [-0.4, -0.2) is 52.4 Å². The molecule has 1 heterocycles. The van der Waals surface area contributed by atoms with Gasteiger partial charge in [0.2, 0.25) is 5.82 Å². The summed E-state index contributed by atoms with van der Waals surface area (Å²) < 4.78 is 12.4. The Morgan fingerprint density at radius 2 is 1.40 bits per heavy atom. The molecule has 7 nitrogen and oxygen atoms in total. The molecule has 0 fully saturated rings. The highest BCUT2D eigenvalue weighted by molar-refractivity contribution is 5.68. The van der Waals surface area contributed by atoms with Crippen LogP contribution in [-0.2, 0) is 13.2 Å². The number of likely N-dealkylation sites (N-methyl/N-ethyl adjacent to an activating group) is 1. The first-order chi connectivity index (χ1) is 19.4. The normalized spacial score (nSPS) is 12.9. The Labute approximate surface area is 239 Å². The van der Waals surface area contributed by atoms with Crippen LogP contribution in [0.25, 0.3) is 11.1 Å². The summed E-state index contributed by atoms with van der Waals surface area (Å²) in [6.45, 7) is 11.4. The summed E-state index contributed by atoms with van der Waals surface area (Å²) in [4.78, 5) is 3.75. The van der Waals surface area contributed by atoms with Crippen molar-refractivity contribution in [3.8, 4) is 22.6 Å². The van der Waals surface area contributed by atoms with Crippen molar-refractivity contribution in [3.05, 3.63) is 89.2 Å². The molecule has 0 radical (unpaired) electrons. The van der Waals surface area contributed by atoms with Gasteiger partial charge in [0.1, 0.15) is 18.1 Å². The molecule has 4 aromatic rings. The number of hydrogen-bond acceptors (Lipinski definition) is 6. The van der Waals surface area contributed by atoms with Gasteiger partial charge in [0.25, 0.3) is 0 Å². The Kier molecular flexibility index (Phi) is 10.3. The minimum atomic E-state index is 0.273. The van der Waals surface area contributed by atoms with E-state index in [1.165, 1.54) is 22.3 Å². The molecule has 212 valence electrons. The summed E-state index contributed by atoms with van der Waals surface area (Å²) >= 11 is 0. The van der Waals surface area contributed by atoms with Crippen LogP contribution in [0.15, 0.2) is 66.7 Å². The standard InChI is InChI=1S/C33H43N5O2/c1-7-24(3)29-20-27(14-16-31(29)39-19-18-37(5)6)28-15-17-32(30(21-28)25(4)8-2)40-23-33-34-36-38(35-33)22-26-12-10-9-11-13-26/h9-17,20-21,24-25H,7-8,18-19,22-23H2,1-6H3/t24?,25-/m1/s1. The van der Waals surface area contributed by atoms with E-state index in [-0.39, 0.29) is 6.61 Å². The lowest BCUT2D eigenvalue weighted by Gasteiger charge is -2.20. The van der Waals surface area contributed by atoms with Gasteiger partial charge >= 0.3 is 0 Å². The molecule has 0 aliphatic carbocycles. The average Bonchev–Trinajstić information content (AvgIpc) is 3.42. The summed E-state index contributed by atoms with van der Waals surface area (Å²) in [6, 6.07) is 23.2. The average molecular weight is 542 g/mol. The number of ether oxygens (including phenoxy) is 2. The fourth-order valence-corrected chi connectivity index (χ4v) is 4.56. The number of rotatable bonds is 14. The first kappa shape index (κ1) is 29.3. The topological polar surface area (TPSA) is 65.3 Å². The van der Waals surface area contributed by atoms with Crippen LogP contribution in [0, 0.1) is 0 Å². The van der Waals surface area contributed by atoms with Crippen molar-refractivity contribution in [2.45, 2.75) is 65.5 Å². The maximum Gasteiger partial charge on any atom is 0.212 e. The molecule has 40 heavy (non-hydrogen) atoms. The van der Waals surface area contributed by atoms with Gasteiger partial charge in [0, 0.05) is 6.54 Å². The van der Waals surface area contributed by atoms with Crippen LogP contribution in [0.2, 0.25) is 0 Å². The van der Waals surface area contributed by atoms with Gasteiger partial charge in [-0.15, -0.1) is 10.2 Å². The van der Waals surface area contributed by atoms with Crippen LogP contribution >= 0.6 is 0 Å². The maximum absolute atomic E-state index is 6.26. The molecule has 1 unspecified atom stereocenters. The second-order valence-corrected chi connectivity index (χ2v) is 10.8. The third kappa shape index (κ3) is 7.69. The van der Waals surface area contributed by atoms with Gasteiger partial charge in [0.05, 0.1) is 6.54 Å². The summed E-state index contributed by atoms with van der Waals surface area (Å²) in [5.41, 5.74) is 5.95. The van der Waals surface area contributed by atoms with Crippen LogP contribution in [0.3, 0.4) is 0 Å². The fourth-order valence-electron chi connectivity index (χ4n) is 4.56. The predicted octanol–water partition coefficient (Wildman–Crippen LogP) is 6.93.